The number of carbonyl (C=O) groups is 1. The first-order chi connectivity index (χ1) is 10.7. The Labute approximate surface area is 129 Å². The van der Waals surface area contributed by atoms with Crippen molar-refractivity contribution in [1.82, 2.24) is 9.78 Å². The van der Waals surface area contributed by atoms with Crippen molar-refractivity contribution < 1.29 is 14.3 Å². The van der Waals surface area contributed by atoms with Gasteiger partial charge in [0.15, 0.2) is 0 Å². The van der Waals surface area contributed by atoms with Crippen molar-refractivity contribution in [3.8, 4) is 5.75 Å². The number of ether oxygens (including phenoxy) is 2. The molecule has 0 unspecified atom stereocenters. The van der Waals surface area contributed by atoms with Gasteiger partial charge in [-0.25, -0.2) is 0 Å². The van der Waals surface area contributed by atoms with Crippen LogP contribution in [-0.4, -0.2) is 35.0 Å². The Kier molecular flexibility index (Phi) is 4.39. The molecule has 3 rings (SSSR count). The molecule has 116 valence electrons. The summed E-state index contributed by atoms with van der Waals surface area (Å²) in [6.45, 7) is 1.38. The van der Waals surface area contributed by atoms with E-state index in [1.807, 2.05) is 0 Å². The van der Waals surface area contributed by atoms with Crippen LogP contribution in [0, 0.1) is 0 Å². The number of hydrogen-bond donors (Lipinski definition) is 1. The Morgan fingerprint density at radius 2 is 2.27 bits per heavy atom. The summed E-state index contributed by atoms with van der Waals surface area (Å²) in [4.78, 5) is 12.1. The van der Waals surface area contributed by atoms with Crippen molar-refractivity contribution in [2.45, 2.75) is 18.9 Å². The SMILES string of the molecule is Cn1cc(NC(=O)c2ccc(OC[C@H]3CCCO3)cc2)cn1. The van der Waals surface area contributed by atoms with Gasteiger partial charge in [0.05, 0.1) is 18.0 Å². The Balaban J connectivity index is 1.54. The van der Waals surface area contributed by atoms with E-state index in [-0.39, 0.29) is 12.0 Å². The molecule has 1 aliphatic heterocycles. The molecule has 1 saturated heterocycles. The van der Waals surface area contributed by atoms with Crippen LogP contribution in [0.3, 0.4) is 0 Å². The first kappa shape index (κ1) is 14.6. The van der Waals surface area contributed by atoms with Gasteiger partial charge in [-0.1, -0.05) is 0 Å². The largest absolute Gasteiger partial charge is 0.491 e. The number of benzene rings is 1. The van der Waals surface area contributed by atoms with Crippen molar-refractivity contribution in [2.75, 3.05) is 18.5 Å². The summed E-state index contributed by atoms with van der Waals surface area (Å²) < 4.78 is 12.8. The predicted octanol–water partition coefficient (Wildman–Crippen LogP) is 2.23. The fraction of sp³-hybridized carbons (Fsp3) is 0.375. The molecule has 1 N–H and O–H groups in total. The lowest BCUT2D eigenvalue weighted by molar-refractivity contribution is 0.0679. The van der Waals surface area contributed by atoms with Gasteiger partial charge in [0.25, 0.3) is 5.91 Å². The molecule has 0 aliphatic carbocycles. The number of rotatable bonds is 5. The van der Waals surface area contributed by atoms with Gasteiger partial charge in [-0.15, -0.1) is 0 Å². The summed E-state index contributed by atoms with van der Waals surface area (Å²) in [5.74, 6) is 0.576. The lowest BCUT2D eigenvalue weighted by Gasteiger charge is -2.11. The average Bonchev–Trinajstić information content (AvgIpc) is 3.17. The number of aryl methyl sites for hydroxylation is 1. The molecular weight excluding hydrogens is 282 g/mol. The number of nitrogens with zero attached hydrogens (tertiary/aromatic N) is 2. The molecule has 1 aromatic heterocycles. The van der Waals surface area contributed by atoms with E-state index in [2.05, 4.69) is 10.4 Å². The zero-order valence-corrected chi connectivity index (χ0v) is 12.5. The molecule has 0 radical (unpaired) electrons. The number of hydrogen-bond acceptors (Lipinski definition) is 4. The summed E-state index contributed by atoms with van der Waals surface area (Å²) in [6, 6.07) is 7.09. The van der Waals surface area contributed by atoms with Crippen molar-refractivity contribution in [1.29, 1.82) is 0 Å². The van der Waals surface area contributed by atoms with Crippen LogP contribution in [0.5, 0.6) is 5.75 Å². The molecule has 0 spiro atoms. The smallest absolute Gasteiger partial charge is 0.255 e. The van der Waals surface area contributed by atoms with Crippen LogP contribution in [0.1, 0.15) is 23.2 Å². The van der Waals surface area contributed by atoms with Gasteiger partial charge < -0.3 is 14.8 Å². The van der Waals surface area contributed by atoms with E-state index in [1.165, 1.54) is 0 Å². The highest BCUT2D eigenvalue weighted by atomic mass is 16.5. The maximum atomic E-state index is 12.1. The van der Waals surface area contributed by atoms with Crippen molar-refractivity contribution in [3.05, 3.63) is 42.2 Å². The standard InChI is InChI=1S/C16H19N3O3/c1-19-10-13(9-17-19)18-16(20)12-4-6-14(7-5-12)22-11-15-3-2-8-21-15/h4-7,9-10,15H,2-3,8,11H2,1H3,(H,18,20)/t15-/m1/s1. The van der Waals surface area contributed by atoms with E-state index >= 15 is 0 Å². The first-order valence-corrected chi connectivity index (χ1v) is 7.35. The Hall–Kier alpha value is -2.34. The summed E-state index contributed by atoms with van der Waals surface area (Å²) in [6.07, 6.45) is 5.69. The highest BCUT2D eigenvalue weighted by Crippen LogP contribution is 2.17. The molecule has 1 aliphatic rings. The fourth-order valence-corrected chi connectivity index (χ4v) is 2.36. The van der Waals surface area contributed by atoms with E-state index in [1.54, 1.807) is 48.4 Å². The molecule has 6 heteroatoms. The summed E-state index contributed by atoms with van der Waals surface area (Å²) >= 11 is 0. The second-order valence-electron chi connectivity index (χ2n) is 5.33. The Morgan fingerprint density at radius 1 is 1.45 bits per heavy atom. The van der Waals surface area contributed by atoms with Crippen LogP contribution < -0.4 is 10.1 Å². The van der Waals surface area contributed by atoms with Crippen LogP contribution in [-0.2, 0) is 11.8 Å². The third kappa shape index (κ3) is 3.65. The van der Waals surface area contributed by atoms with Gasteiger partial charge in [-0.3, -0.25) is 9.48 Å². The third-order valence-corrected chi connectivity index (χ3v) is 3.54. The highest BCUT2D eigenvalue weighted by molar-refractivity contribution is 6.04. The molecule has 2 aromatic rings. The molecule has 1 amide bonds. The van der Waals surface area contributed by atoms with Crippen LogP contribution in [0.25, 0.3) is 0 Å². The number of nitrogens with one attached hydrogen (secondary N) is 1. The lowest BCUT2D eigenvalue weighted by Crippen LogP contribution is -2.16. The van der Waals surface area contributed by atoms with Crippen LogP contribution in [0.2, 0.25) is 0 Å². The number of anilines is 1. The number of carbonyl (C=O) groups excluding carboxylic acids is 1. The second kappa shape index (κ2) is 6.62. The average molecular weight is 301 g/mol. The summed E-state index contributed by atoms with van der Waals surface area (Å²) in [5, 5.41) is 6.80. The van der Waals surface area contributed by atoms with E-state index in [4.69, 9.17) is 9.47 Å². The minimum Gasteiger partial charge on any atom is -0.491 e. The van der Waals surface area contributed by atoms with Crippen LogP contribution in [0.4, 0.5) is 5.69 Å². The fourth-order valence-electron chi connectivity index (χ4n) is 2.36. The molecule has 0 saturated carbocycles. The van der Waals surface area contributed by atoms with Gasteiger partial charge >= 0.3 is 0 Å². The normalized spacial score (nSPS) is 17.4. The van der Waals surface area contributed by atoms with Crippen LogP contribution in [0.15, 0.2) is 36.7 Å². The zero-order chi connectivity index (χ0) is 15.4. The van der Waals surface area contributed by atoms with Gasteiger partial charge in [0.2, 0.25) is 0 Å². The monoisotopic (exact) mass is 301 g/mol. The zero-order valence-electron chi connectivity index (χ0n) is 12.5. The second-order valence-corrected chi connectivity index (χ2v) is 5.33. The highest BCUT2D eigenvalue weighted by Gasteiger charge is 2.16. The van der Waals surface area contributed by atoms with Crippen molar-refractivity contribution in [2.24, 2.45) is 7.05 Å². The molecule has 1 aromatic carbocycles. The quantitative estimate of drug-likeness (QED) is 0.919. The molecule has 1 fully saturated rings. The van der Waals surface area contributed by atoms with E-state index in [0.717, 1.165) is 25.2 Å². The van der Waals surface area contributed by atoms with Gasteiger partial charge in [-0.05, 0) is 37.1 Å². The van der Waals surface area contributed by atoms with Gasteiger partial charge in [0.1, 0.15) is 12.4 Å². The number of amides is 1. The minimum atomic E-state index is -0.168. The van der Waals surface area contributed by atoms with E-state index < -0.39 is 0 Å². The number of aromatic nitrogens is 2. The minimum absolute atomic E-state index is 0.168. The molecule has 0 bridgehead atoms. The molecule has 6 nitrogen and oxygen atoms in total. The lowest BCUT2D eigenvalue weighted by atomic mass is 10.2. The van der Waals surface area contributed by atoms with Gasteiger partial charge in [0, 0.05) is 25.4 Å². The van der Waals surface area contributed by atoms with Gasteiger partial charge in [-0.2, -0.15) is 5.10 Å². The topological polar surface area (TPSA) is 65.4 Å². The first-order valence-electron chi connectivity index (χ1n) is 7.35. The van der Waals surface area contributed by atoms with Crippen molar-refractivity contribution >= 4 is 11.6 Å². The third-order valence-electron chi connectivity index (χ3n) is 3.54. The Bertz CT molecular complexity index is 630. The maximum Gasteiger partial charge on any atom is 0.255 e. The van der Waals surface area contributed by atoms with Crippen molar-refractivity contribution in [3.63, 3.8) is 0 Å². The molecule has 1 atom stereocenters. The molecule has 22 heavy (non-hydrogen) atoms. The Morgan fingerprint density at radius 3 is 2.91 bits per heavy atom. The predicted molar refractivity (Wildman–Crippen MR) is 82.1 cm³/mol. The van der Waals surface area contributed by atoms with E-state index in [9.17, 15) is 4.79 Å². The van der Waals surface area contributed by atoms with Crippen LogP contribution >= 0.6 is 0 Å². The summed E-state index contributed by atoms with van der Waals surface area (Å²) in [7, 11) is 1.80. The summed E-state index contributed by atoms with van der Waals surface area (Å²) in [5.41, 5.74) is 1.25. The molecule has 2 heterocycles. The van der Waals surface area contributed by atoms with E-state index in [0.29, 0.717) is 17.9 Å². The maximum absolute atomic E-state index is 12.1. The molecular formula is C16H19N3O3.